The summed E-state index contributed by atoms with van der Waals surface area (Å²) in [6.07, 6.45) is 2.54. The molecule has 0 heterocycles. The van der Waals surface area contributed by atoms with E-state index in [4.69, 9.17) is 0 Å². The van der Waals surface area contributed by atoms with Crippen molar-refractivity contribution in [1.29, 1.82) is 0 Å². The highest BCUT2D eigenvalue weighted by molar-refractivity contribution is 4.85. The van der Waals surface area contributed by atoms with Gasteiger partial charge in [0.1, 0.15) is 0 Å². The largest absolute Gasteiger partial charge is 0.312 e. The zero-order valence-electron chi connectivity index (χ0n) is 11.2. The van der Waals surface area contributed by atoms with Gasteiger partial charge in [0, 0.05) is 12.1 Å². The van der Waals surface area contributed by atoms with Crippen LogP contribution in [0.1, 0.15) is 61.3 Å². The first-order valence-corrected chi connectivity index (χ1v) is 6.02. The molecule has 0 unspecified atom stereocenters. The summed E-state index contributed by atoms with van der Waals surface area (Å²) in [5, 5.41) is 3.65. The van der Waals surface area contributed by atoms with E-state index in [2.05, 4.69) is 53.8 Å². The average Bonchev–Trinajstić information content (AvgIpc) is 2.04. The van der Waals surface area contributed by atoms with Gasteiger partial charge in [0.2, 0.25) is 0 Å². The van der Waals surface area contributed by atoms with E-state index < -0.39 is 0 Å². The molecule has 1 heteroatoms. The maximum absolute atomic E-state index is 3.65. The molecule has 14 heavy (non-hydrogen) atoms. The summed E-state index contributed by atoms with van der Waals surface area (Å²) in [4.78, 5) is 0. The Kier molecular flexibility index (Phi) is 5.14. The lowest BCUT2D eigenvalue weighted by molar-refractivity contribution is 0.150. The molecule has 0 saturated carbocycles. The molecule has 0 radical (unpaired) electrons. The standard InChI is InChI=1S/C13H29N/c1-8-13(9-2,11(3)4)10-14-12(5,6)7/h11,14H,8-10H2,1-7H3. The highest BCUT2D eigenvalue weighted by Crippen LogP contribution is 2.34. The maximum Gasteiger partial charge on any atom is 0.00967 e. The van der Waals surface area contributed by atoms with E-state index in [1.807, 2.05) is 0 Å². The summed E-state index contributed by atoms with van der Waals surface area (Å²) in [6, 6.07) is 0. The van der Waals surface area contributed by atoms with E-state index in [1.165, 1.54) is 12.8 Å². The summed E-state index contributed by atoms with van der Waals surface area (Å²) < 4.78 is 0. The van der Waals surface area contributed by atoms with Crippen molar-refractivity contribution in [2.24, 2.45) is 11.3 Å². The Bertz CT molecular complexity index is 149. The van der Waals surface area contributed by atoms with Crippen LogP contribution in [0.2, 0.25) is 0 Å². The Morgan fingerprint density at radius 3 is 1.64 bits per heavy atom. The quantitative estimate of drug-likeness (QED) is 0.709. The van der Waals surface area contributed by atoms with E-state index >= 15 is 0 Å². The molecule has 0 saturated heterocycles. The third kappa shape index (κ3) is 4.00. The van der Waals surface area contributed by atoms with Crippen molar-refractivity contribution in [3.8, 4) is 0 Å². The van der Waals surface area contributed by atoms with Crippen LogP contribution in [0.5, 0.6) is 0 Å². The van der Waals surface area contributed by atoms with Gasteiger partial charge in [0.05, 0.1) is 0 Å². The average molecular weight is 199 g/mol. The minimum Gasteiger partial charge on any atom is -0.312 e. The first kappa shape index (κ1) is 14.0. The van der Waals surface area contributed by atoms with Gasteiger partial charge >= 0.3 is 0 Å². The van der Waals surface area contributed by atoms with Crippen LogP contribution in [0.15, 0.2) is 0 Å². The topological polar surface area (TPSA) is 12.0 Å². The lowest BCUT2D eigenvalue weighted by Gasteiger charge is -2.39. The van der Waals surface area contributed by atoms with E-state index in [9.17, 15) is 0 Å². The molecule has 0 aliphatic heterocycles. The molecular formula is C13H29N. The van der Waals surface area contributed by atoms with Gasteiger partial charge < -0.3 is 5.32 Å². The molecular weight excluding hydrogens is 170 g/mol. The van der Waals surface area contributed by atoms with E-state index in [0.717, 1.165) is 12.5 Å². The van der Waals surface area contributed by atoms with Gasteiger partial charge in [-0.1, -0.05) is 27.7 Å². The first-order valence-electron chi connectivity index (χ1n) is 6.02. The zero-order chi connectivity index (χ0) is 11.4. The van der Waals surface area contributed by atoms with Crippen LogP contribution in [-0.2, 0) is 0 Å². The van der Waals surface area contributed by atoms with Gasteiger partial charge in [-0.15, -0.1) is 0 Å². The van der Waals surface area contributed by atoms with E-state index in [1.54, 1.807) is 0 Å². The molecule has 0 bridgehead atoms. The highest BCUT2D eigenvalue weighted by atomic mass is 15.0. The van der Waals surface area contributed by atoms with Crippen molar-refractivity contribution in [2.75, 3.05) is 6.54 Å². The van der Waals surface area contributed by atoms with Gasteiger partial charge in [0.15, 0.2) is 0 Å². The van der Waals surface area contributed by atoms with Crippen molar-refractivity contribution >= 4 is 0 Å². The molecule has 0 atom stereocenters. The fourth-order valence-electron chi connectivity index (χ4n) is 1.96. The number of hydrogen-bond donors (Lipinski definition) is 1. The van der Waals surface area contributed by atoms with Crippen molar-refractivity contribution in [2.45, 2.75) is 66.8 Å². The zero-order valence-corrected chi connectivity index (χ0v) is 11.2. The van der Waals surface area contributed by atoms with Crippen LogP contribution in [-0.4, -0.2) is 12.1 Å². The fraction of sp³-hybridized carbons (Fsp3) is 1.00. The molecule has 0 aliphatic carbocycles. The lowest BCUT2D eigenvalue weighted by Crippen LogP contribution is -2.45. The molecule has 0 aromatic rings. The maximum atomic E-state index is 3.65. The minimum atomic E-state index is 0.241. The molecule has 0 spiro atoms. The Morgan fingerprint density at radius 1 is 1.00 bits per heavy atom. The first-order chi connectivity index (χ1) is 6.27. The van der Waals surface area contributed by atoms with Gasteiger partial charge in [-0.05, 0) is 44.9 Å². The van der Waals surface area contributed by atoms with Crippen molar-refractivity contribution in [3.05, 3.63) is 0 Å². The normalized spacial score (nSPS) is 13.7. The molecule has 0 aromatic carbocycles. The summed E-state index contributed by atoms with van der Waals surface area (Å²) in [6.45, 7) is 17.2. The number of nitrogens with one attached hydrogen (secondary N) is 1. The molecule has 0 rings (SSSR count). The second-order valence-corrected chi connectivity index (χ2v) is 5.83. The predicted octanol–water partition coefficient (Wildman–Crippen LogP) is 3.84. The number of rotatable bonds is 5. The Balaban J connectivity index is 4.37. The molecule has 0 fully saturated rings. The van der Waals surface area contributed by atoms with Crippen molar-refractivity contribution in [3.63, 3.8) is 0 Å². The monoisotopic (exact) mass is 199 g/mol. The van der Waals surface area contributed by atoms with Crippen molar-refractivity contribution in [1.82, 2.24) is 5.32 Å². The smallest absolute Gasteiger partial charge is 0.00967 e. The Labute approximate surface area is 90.7 Å². The molecule has 1 N–H and O–H groups in total. The minimum absolute atomic E-state index is 0.241. The van der Waals surface area contributed by atoms with Crippen LogP contribution in [0, 0.1) is 11.3 Å². The molecule has 0 aromatic heterocycles. The molecule has 0 aliphatic rings. The van der Waals surface area contributed by atoms with E-state index in [-0.39, 0.29) is 5.54 Å². The Hall–Kier alpha value is -0.0400. The summed E-state index contributed by atoms with van der Waals surface area (Å²) in [5.41, 5.74) is 0.720. The van der Waals surface area contributed by atoms with Crippen molar-refractivity contribution < 1.29 is 0 Å². The van der Waals surface area contributed by atoms with Crippen LogP contribution in [0.4, 0.5) is 0 Å². The summed E-state index contributed by atoms with van der Waals surface area (Å²) in [5.74, 6) is 0.757. The van der Waals surface area contributed by atoms with Crippen LogP contribution < -0.4 is 5.32 Å². The number of hydrogen-bond acceptors (Lipinski definition) is 1. The molecule has 86 valence electrons. The lowest BCUT2D eigenvalue weighted by atomic mass is 9.72. The third-order valence-electron chi connectivity index (χ3n) is 3.60. The highest BCUT2D eigenvalue weighted by Gasteiger charge is 2.30. The fourth-order valence-corrected chi connectivity index (χ4v) is 1.96. The van der Waals surface area contributed by atoms with Gasteiger partial charge in [-0.2, -0.15) is 0 Å². The molecule has 0 amide bonds. The van der Waals surface area contributed by atoms with Crippen LogP contribution in [0.25, 0.3) is 0 Å². The molecule has 1 nitrogen and oxygen atoms in total. The van der Waals surface area contributed by atoms with Gasteiger partial charge in [0.25, 0.3) is 0 Å². The van der Waals surface area contributed by atoms with E-state index in [0.29, 0.717) is 5.41 Å². The van der Waals surface area contributed by atoms with Crippen LogP contribution >= 0.6 is 0 Å². The second kappa shape index (κ2) is 5.16. The third-order valence-corrected chi connectivity index (χ3v) is 3.60. The predicted molar refractivity (Wildman–Crippen MR) is 65.6 cm³/mol. The summed E-state index contributed by atoms with van der Waals surface area (Å²) >= 11 is 0. The summed E-state index contributed by atoms with van der Waals surface area (Å²) in [7, 11) is 0. The van der Waals surface area contributed by atoms with Gasteiger partial charge in [-0.3, -0.25) is 0 Å². The SMILES string of the molecule is CCC(CC)(CNC(C)(C)C)C(C)C. The van der Waals surface area contributed by atoms with Gasteiger partial charge in [-0.25, -0.2) is 0 Å². The Morgan fingerprint density at radius 2 is 1.43 bits per heavy atom. The second-order valence-electron chi connectivity index (χ2n) is 5.83. The van der Waals surface area contributed by atoms with Crippen LogP contribution in [0.3, 0.4) is 0 Å².